The second-order valence-electron chi connectivity index (χ2n) is 3.60. The lowest BCUT2D eigenvalue weighted by molar-refractivity contribution is 0.447. The lowest BCUT2D eigenvalue weighted by Crippen LogP contribution is -2.05. The van der Waals surface area contributed by atoms with Crippen molar-refractivity contribution < 1.29 is 10.2 Å². The summed E-state index contributed by atoms with van der Waals surface area (Å²) in [7, 11) is 0. The van der Waals surface area contributed by atoms with Gasteiger partial charge in [-0.1, -0.05) is 0 Å². The molecule has 1 aliphatic carbocycles. The van der Waals surface area contributed by atoms with Gasteiger partial charge in [0.2, 0.25) is 0 Å². The minimum atomic E-state index is -0.124. The number of aromatic hydroxyl groups is 2. The molecule has 1 atom stereocenters. The number of nitrogens with two attached hydrogens (primary N) is 1. The normalized spacial score (nSPS) is 20.3. The van der Waals surface area contributed by atoms with E-state index >= 15 is 0 Å². The zero-order chi connectivity index (χ0) is 9.59. The van der Waals surface area contributed by atoms with Gasteiger partial charge in [0.25, 0.3) is 0 Å². The van der Waals surface area contributed by atoms with E-state index in [-0.39, 0.29) is 11.8 Å². The minimum absolute atomic E-state index is 0.124. The van der Waals surface area contributed by atoms with Crippen molar-refractivity contribution in [3.63, 3.8) is 0 Å². The molecule has 0 fully saturated rings. The van der Waals surface area contributed by atoms with E-state index in [0.29, 0.717) is 11.3 Å². The first-order valence-electron chi connectivity index (χ1n) is 4.41. The molecular weight excluding hydrogens is 166 g/mol. The number of phenolic OH excluding ortho intramolecular Hbond substituents is 2. The third kappa shape index (κ3) is 1.08. The van der Waals surface area contributed by atoms with Crippen LogP contribution in [0.4, 0.5) is 0 Å². The lowest BCUT2D eigenvalue weighted by atomic mass is 10.0. The van der Waals surface area contributed by atoms with Crippen LogP contribution in [0.2, 0.25) is 0 Å². The van der Waals surface area contributed by atoms with E-state index in [1.807, 2.05) is 0 Å². The van der Waals surface area contributed by atoms with Crippen molar-refractivity contribution in [2.75, 3.05) is 0 Å². The first-order valence-corrected chi connectivity index (χ1v) is 4.41. The van der Waals surface area contributed by atoms with Crippen molar-refractivity contribution in [3.8, 4) is 11.5 Å². The van der Waals surface area contributed by atoms with Crippen molar-refractivity contribution in [3.05, 3.63) is 22.8 Å². The van der Waals surface area contributed by atoms with Gasteiger partial charge in [-0.3, -0.25) is 0 Å². The zero-order valence-electron chi connectivity index (χ0n) is 7.54. The van der Waals surface area contributed by atoms with Crippen molar-refractivity contribution >= 4 is 0 Å². The summed E-state index contributed by atoms with van der Waals surface area (Å²) in [5.41, 5.74) is 8.06. The molecule has 2 rings (SSSR count). The van der Waals surface area contributed by atoms with Gasteiger partial charge in [0, 0.05) is 17.2 Å². The van der Waals surface area contributed by atoms with Gasteiger partial charge >= 0.3 is 0 Å². The molecule has 4 N–H and O–H groups in total. The minimum Gasteiger partial charge on any atom is -0.508 e. The van der Waals surface area contributed by atoms with E-state index < -0.39 is 0 Å². The van der Waals surface area contributed by atoms with E-state index in [2.05, 4.69) is 0 Å². The molecule has 1 aliphatic rings. The van der Waals surface area contributed by atoms with Crippen LogP contribution < -0.4 is 5.73 Å². The predicted molar refractivity (Wildman–Crippen MR) is 49.8 cm³/mol. The maximum atomic E-state index is 9.69. The third-order valence-electron chi connectivity index (χ3n) is 2.69. The molecule has 0 amide bonds. The van der Waals surface area contributed by atoms with Crippen molar-refractivity contribution in [2.24, 2.45) is 5.73 Å². The first kappa shape index (κ1) is 8.38. The van der Waals surface area contributed by atoms with Crippen LogP contribution in [0.15, 0.2) is 6.07 Å². The van der Waals surface area contributed by atoms with Crippen LogP contribution in [-0.2, 0) is 6.42 Å². The SMILES string of the molecule is Cc1cc(O)c2c(c1O)CC[C@H]2N. The highest BCUT2D eigenvalue weighted by molar-refractivity contribution is 5.55. The van der Waals surface area contributed by atoms with Crippen molar-refractivity contribution in [1.29, 1.82) is 0 Å². The summed E-state index contributed by atoms with van der Waals surface area (Å²) < 4.78 is 0. The Morgan fingerprint density at radius 3 is 2.85 bits per heavy atom. The summed E-state index contributed by atoms with van der Waals surface area (Å²) in [5.74, 6) is 0.510. The number of benzene rings is 1. The fourth-order valence-electron chi connectivity index (χ4n) is 1.98. The van der Waals surface area contributed by atoms with Gasteiger partial charge in [0.1, 0.15) is 11.5 Å². The average molecular weight is 179 g/mol. The van der Waals surface area contributed by atoms with Crippen LogP contribution in [0.5, 0.6) is 11.5 Å². The number of phenols is 2. The Morgan fingerprint density at radius 2 is 2.15 bits per heavy atom. The van der Waals surface area contributed by atoms with Gasteiger partial charge in [0.05, 0.1) is 0 Å². The van der Waals surface area contributed by atoms with Gasteiger partial charge in [-0.25, -0.2) is 0 Å². The fraction of sp³-hybridized carbons (Fsp3) is 0.400. The Kier molecular flexibility index (Phi) is 1.70. The topological polar surface area (TPSA) is 66.5 Å². The maximum Gasteiger partial charge on any atom is 0.122 e. The molecule has 0 aliphatic heterocycles. The molecule has 0 bridgehead atoms. The summed E-state index contributed by atoms with van der Waals surface area (Å²) in [6.07, 6.45) is 1.57. The third-order valence-corrected chi connectivity index (χ3v) is 2.69. The molecule has 1 aromatic carbocycles. The van der Waals surface area contributed by atoms with Crippen LogP contribution >= 0.6 is 0 Å². The zero-order valence-corrected chi connectivity index (χ0v) is 7.54. The Morgan fingerprint density at radius 1 is 1.46 bits per heavy atom. The lowest BCUT2D eigenvalue weighted by Gasteiger charge is -2.10. The quantitative estimate of drug-likeness (QED) is 0.527. The molecule has 3 heteroatoms. The van der Waals surface area contributed by atoms with Crippen LogP contribution in [0.25, 0.3) is 0 Å². The smallest absolute Gasteiger partial charge is 0.122 e. The van der Waals surface area contributed by atoms with Gasteiger partial charge < -0.3 is 15.9 Å². The number of rotatable bonds is 0. The van der Waals surface area contributed by atoms with Crippen LogP contribution in [0.3, 0.4) is 0 Å². The second-order valence-corrected chi connectivity index (χ2v) is 3.60. The van der Waals surface area contributed by atoms with E-state index in [4.69, 9.17) is 5.73 Å². The molecule has 3 nitrogen and oxygen atoms in total. The van der Waals surface area contributed by atoms with E-state index in [1.54, 1.807) is 13.0 Å². The number of fused-ring (bicyclic) bond motifs is 1. The van der Waals surface area contributed by atoms with Crippen LogP contribution in [-0.4, -0.2) is 10.2 Å². The Bertz CT molecular complexity index is 360. The summed E-state index contributed by atoms with van der Waals surface area (Å²) >= 11 is 0. The Labute approximate surface area is 76.8 Å². The highest BCUT2D eigenvalue weighted by Gasteiger charge is 2.26. The molecule has 13 heavy (non-hydrogen) atoms. The molecule has 0 saturated heterocycles. The van der Waals surface area contributed by atoms with Crippen LogP contribution in [0.1, 0.15) is 29.2 Å². The van der Waals surface area contributed by atoms with Gasteiger partial charge in [0.15, 0.2) is 0 Å². The number of aryl methyl sites for hydroxylation is 1. The Hall–Kier alpha value is -1.22. The van der Waals surface area contributed by atoms with E-state index in [1.165, 1.54) is 0 Å². The number of hydrogen-bond acceptors (Lipinski definition) is 3. The maximum absolute atomic E-state index is 9.69. The molecule has 0 heterocycles. The molecule has 0 spiro atoms. The van der Waals surface area contributed by atoms with Gasteiger partial charge in [-0.05, 0) is 31.4 Å². The summed E-state index contributed by atoms with van der Waals surface area (Å²) in [6.45, 7) is 1.78. The van der Waals surface area contributed by atoms with Crippen molar-refractivity contribution in [2.45, 2.75) is 25.8 Å². The molecule has 0 radical (unpaired) electrons. The summed E-state index contributed by atoms with van der Waals surface area (Å²) in [5, 5.41) is 19.3. The standard InChI is InChI=1S/C10H13NO2/c1-5-4-8(12)9-6(10(5)13)2-3-7(9)11/h4,7,12-13H,2-3,11H2,1H3/t7-/m1/s1. The summed E-state index contributed by atoms with van der Waals surface area (Å²) in [4.78, 5) is 0. The summed E-state index contributed by atoms with van der Waals surface area (Å²) in [6, 6.07) is 1.45. The second kappa shape index (κ2) is 2.64. The molecule has 1 aromatic rings. The molecule has 70 valence electrons. The van der Waals surface area contributed by atoms with E-state index in [9.17, 15) is 10.2 Å². The van der Waals surface area contributed by atoms with Gasteiger partial charge in [-0.2, -0.15) is 0 Å². The predicted octanol–water partition coefficient (Wildman–Crippen LogP) is 1.35. The molecule has 0 aromatic heterocycles. The largest absolute Gasteiger partial charge is 0.508 e. The highest BCUT2D eigenvalue weighted by Crippen LogP contribution is 2.42. The number of hydrogen-bond donors (Lipinski definition) is 3. The monoisotopic (exact) mass is 179 g/mol. The average Bonchev–Trinajstić information content (AvgIpc) is 2.44. The fourth-order valence-corrected chi connectivity index (χ4v) is 1.98. The van der Waals surface area contributed by atoms with E-state index in [0.717, 1.165) is 24.0 Å². The highest BCUT2D eigenvalue weighted by atomic mass is 16.3. The van der Waals surface area contributed by atoms with Gasteiger partial charge in [-0.15, -0.1) is 0 Å². The molecule has 0 unspecified atom stereocenters. The molecular formula is C10H13NO2. The molecule has 0 saturated carbocycles. The Balaban J connectivity index is 2.69. The van der Waals surface area contributed by atoms with Crippen molar-refractivity contribution in [1.82, 2.24) is 0 Å². The first-order chi connectivity index (χ1) is 6.11. The van der Waals surface area contributed by atoms with Crippen LogP contribution in [0, 0.1) is 6.92 Å².